The first-order chi connectivity index (χ1) is 9.77. The predicted molar refractivity (Wildman–Crippen MR) is 82.2 cm³/mol. The van der Waals surface area contributed by atoms with E-state index in [2.05, 4.69) is 22.8 Å². The second-order valence-electron chi connectivity index (χ2n) is 6.05. The fourth-order valence-corrected chi connectivity index (χ4v) is 3.44. The minimum Gasteiger partial charge on any atom is -0.371 e. The molecule has 0 radical (unpaired) electrons. The van der Waals surface area contributed by atoms with E-state index in [4.69, 9.17) is 0 Å². The zero-order valence-corrected chi connectivity index (χ0v) is 12.3. The Bertz CT molecular complexity index is 480. The summed E-state index contributed by atoms with van der Waals surface area (Å²) in [5.41, 5.74) is 2.02. The van der Waals surface area contributed by atoms with Crippen molar-refractivity contribution in [2.75, 3.05) is 24.5 Å². The van der Waals surface area contributed by atoms with Crippen LogP contribution in [0.25, 0.3) is 0 Å². The average molecular weight is 272 g/mol. The number of piperidine rings is 1. The van der Waals surface area contributed by atoms with Crippen LogP contribution in [0.3, 0.4) is 0 Å². The van der Waals surface area contributed by atoms with Crippen LogP contribution in [0.2, 0.25) is 0 Å². The molecule has 1 unspecified atom stereocenters. The number of nitrogens with zero attached hydrogens (tertiary/aromatic N) is 2. The molecule has 2 fully saturated rings. The maximum absolute atomic E-state index is 12.9. The van der Waals surface area contributed by atoms with E-state index in [9.17, 15) is 4.79 Å². The monoisotopic (exact) mass is 272 g/mol. The highest BCUT2D eigenvalue weighted by atomic mass is 16.2. The van der Waals surface area contributed by atoms with Gasteiger partial charge in [-0.25, -0.2) is 0 Å². The lowest BCUT2D eigenvalue weighted by Crippen LogP contribution is -2.42. The van der Waals surface area contributed by atoms with Gasteiger partial charge in [0.2, 0.25) is 0 Å². The number of hydrogen-bond donors (Lipinski definition) is 0. The number of amides is 1. The van der Waals surface area contributed by atoms with Crippen molar-refractivity contribution in [3.05, 3.63) is 29.8 Å². The third-order valence-corrected chi connectivity index (χ3v) is 4.65. The lowest BCUT2D eigenvalue weighted by atomic mass is 10.0. The number of benzene rings is 1. The number of carbonyl (C=O) groups excluding carboxylic acids is 1. The molecule has 0 bridgehead atoms. The molecule has 108 valence electrons. The minimum absolute atomic E-state index is 0.222. The fraction of sp³-hybridized carbons (Fsp3) is 0.588. The van der Waals surface area contributed by atoms with Crippen LogP contribution >= 0.6 is 0 Å². The molecule has 0 saturated carbocycles. The summed E-state index contributed by atoms with van der Waals surface area (Å²) in [6, 6.07) is 8.51. The van der Waals surface area contributed by atoms with E-state index >= 15 is 0 Å². The van der Waals surface area contributed by atoms with Gasteiger partial charge < -0.3 is 9.80 Å². The molecule has 3 nitrogen and oxygen atoms in total. The molecule has 0 spiro atoms. The summed E-state index contributed by atoms with van der Waals surface area (Å²) in [5.74, 6) is 0.222. The van der Waals surface area contributed by atoms with Gasteiger partial charge in [0.25, 0.3) is 5.91 Å². The highest BCUT2D eigenvalue weighted by Gasteiger charge is 2.27. The number of likely N-dealkylation sites (tertiary alicyclic amines) is 1. The Kier molecular flexibility index (Phi) is 3.95. The van der Waals surface area contributed by atoms with Gasteiger partial charge in [0.05, 0.1) is 5.56 Å². The second-order valence-corrected chi connectivity index (χ2v) is 6.05. The van der Waals surface area contributed by atoms with E-state index in [1.165, 1.54) is 19.3 Å². The summed E-state index contributed by atoms with van der Waals surface area (Å²) in [7, 11) is 0. The standard InChI is InChI=1S/C17H24N2O/c1-14-8-4-5-13-19(14)17(20)15-9-2-3-10-16(15)18-11-6-7-12-18/h2-3,9-10,14H,4-8,11-13H2,1H3. The van der Waals surface area contributed by atoms with Crippen molar-refractivity contribution >= 4 is 11.6 Å². The molecule has 3 heteroatoms. The largest absolute Gasteiger partial charge is 0.371 e. The van der Waals surface area contributed by atoms with E-state index in [1.807, 2.05) is 18.2 Å². The Labute approximate surface area is 121 Å². The molecule has 1 amide bonds. The first-order valence-corrected chi connectivity index (χ1v) is 7.92. The smallest absolute Gasteiger partial charge is 0.256 e. The van der Waals surface area contributed by atoms with Crippen LogP contribution in [0, 0.1) is 0 Å². The van der Waals surface area contributed by atoms with Crippen molar-refractivity contribution in [2.24, 2.45) is 0 Å². The molecule has 2 saturated heterocycles. The van der Waals surface area contributed by atoms with Crippen molar-refractivity contribution in [2.45, 2.75) is 45.1 Å². The van der Waals surface area contributed by atoms with Gasteiger partial charge in [-0.15, -0.1) is 0 Å². The molecule has 2 aliphatic rings. The van der Waals surface area contributed by atoms with Crippen LogP contribution in [-0.4, -0.2) is 36.5 Å². The van der Waals surface area contributed by atoms with Gasteiger partial charge in [-0.3, -0.25) is 4.79 Å². The maximum Gasteiger partial charge on any atom is 0.256 e. The second kappa shape index (κ2) is 5.86. The third kappa shape index (κ3) is 2.54. The molecule has 1 atom stereocenters. The zero-order chi connectivity index (χ0) is 13.9. The lowest BCUT2D eigenvalue weighted by Gasteiger charge is -2.34. The molecule has 2 aliphatic heterocycles. The van der Waals surface area contributed by atoms with Crippen molar-refractivity contribution in [3.63, 3.8) is 0 Å². The summed E-state index contributed by atoms with van der Waals surface area (Å²) in [6.07, 6.45) is 6.00. The van der Waals surface area contributed by atoms with Crippen LogP contribution < -0.4 is 4.90 Å². The summed E-state index contributed by atoms with van der Waals surface area (Å²) < 4.78 is 0. The van der Waals surface area contributed by atoms with E-state index in [0.29, 0.717) is 6.04 Å². The summed E-state index contributed by atoms with van der Waals surface area (Å²) in [4.78, 5) is 17.3. The van der Waals surface area contributed by atoms with Gasteiger partial charge in [-0.2, -0.15) is 0 Å². The van der Waals surface area contributed by atoms with Gasteiger partial charge in [-0.1, -0.05) is 12.1 Å². The highest BCUT2D eigenvalue weighted by Crippen LogP contribution is 2.27. The number of anilines is 1. The SMILES string of the molecule is CC1CCCCN1C(=O)c1ccccc1N1CCCC1. The van der Waals surface area contributed by atoms with Crippen molar-refractivity contribution < 1.29 is 4.79 Å². The molecule has 3 rings (SSSR count). The van der Waals surface area contributed by atoms with Crippen molar-refractivity contribution in [1.29, 1.82) is 0 Å². The first-order valence-electron chi connectivity index (χ1n) is 7.92. The summed E-state index contributed by atoms with van der Waals surface area (Å²) in [5, 5.41) is 0. The topological polar surface area (TPSA) is 23.6 Å². The molecule has 0 aromatic heterocycles. The number of para-hydroxylation sites is 1. The van der Waals surface area contributed by atoms with E-state index in [-0.39, 0.29) is 5.91 Å². The summed E-state index contributed by atoms with van der Waals surface area (Å²) in [6.45, 7) is 5.25. The van der Waals surface area contributed by atoms with Crippen LogP contribution in [0.1, 0.15) is 49.4 Å². The van der Waals surface area contributed by atoms with E-state index < -0.39 is 0 Å². The predicted octanol–water partition coefficient (Wildman–Crippen LogP) is 3.30. The minimum atomic E-state index is 0.222. The molecule has 2 heterocycles. The van der Waals surface area contributed by atoms with Gasteiger partial charge in [0.1, 0.15) is 0 Å². The van der Waals surface area contributed by atoms with Gasteiger partial charge >= 0.3 is 0 Å². The number of hydrogen-bond acceptors (Lipinski definition) is 2. The van der Waals surface area contributed by atoms with Crippen LogP contribution in [0.15, 0.2) is 24.3 Å². The zero-order valence-electron chi connectivity index (χ0n) is 12.3. The average Bonchev–Trinajstić information content (AvgIpc) is 3.01. The van der Waals surface area contributed by atoms with Gasteiger partial charge in [0.15, 0.2) is 0 Å². The van der Waals surface area contributed by atoms with Crippen LogP contribution in [0.5, 0.6) is 0 Å². The van der Waals surface area contributed by atoms with E-state index in [1.54, 1.807) is 0 Å². The first kappa shape index (κ1) is 13.5. The Balaban J connectivity index is 1.87. The lowest BCUT2D eigenvalue weighted by molar-refractivity contribution is 0.0636. The fourth-order valence-electron chi connectivity index (χ4n) is 3.44. The highest BCUT2D eigenvalue weighted by molar-refractivity contribution is 6.00. The van der Waals surface area contributed by atoms with Crippen molar-refractivity contribution in [3.8, 4) is 0 Å². The molecule has 1 aromatic carbocycles. The molecule has 1 aromatic rings. The number of rotatable bonds is 2. The molecular formula is C17H24N2O. The normalized spacial score (nSPS) is 23.1. The Morgan fingerprint density at radius 3 is 2.50 bits per heavy atom. The van der Waals surface area contributed by atoms with E-state index in [0.717, 1.165) is 43.7 Å². The Morgan fingerprint density at radius 1 is 1.05 bits per heavy atom. The molecule has 0 N–H and O–H groups in total. The van der Waals surface area contributed by atoms with Crippen LogP contribution in [-0.2, 0) is 0 Å². The maximum atomic E-state index is 12.9. The molecule has 20 heavy (non-hydrogen) atoms. The Morgan fingerprint density at radius 2 is 1.75 bits per heavy atom. The number of carbonyl (C=O) groups is 1. The van der Waals surface area contributed by atoms with Gasteiger partial charge in [-0.05, 0) is 51.2 Å². The third-order valence-electron chi connectivity index (χ3n) is 4.65. The quantitative estimate of drug-likeness (QED) is 0.824. The van der Waals surface area contributed by atoms with Crippen LogP contribution in [0.4, 0.5) is 5.69 Å². The summed E-state index contributed by atoms with van der Waals surface area (Å²) >= 11 is 0. The molecular weight excluding hydrogens is 248 g/mol. The van der Waals surface area contributed by atoms with Gasteiger partial charge in [0, 0.05) is 31.4 Å². The molecule has 0 aliphatic carbocycles. The Hall–Kier alpha value is -1.51. The van der Waals surface area contributed by atoms with Crippen molar-refractivity contribution in [1.82, 2.24) is 4.90 Å².